The van der Waals surface area contributed by atoms with E-state index in [-0.39, 0.29) is 12.2 Å². The first kappa shape index (κ1) is 22.5. The fourth-order valence-electron chi connectivity index (χ4n) is 4.93. The van der Waals surface area contributed by atoms with Crippen LogP contribution < -0.4 is 5.32 Å². The van der Waals surface area contributed by atoms with Crippen LogP contribution in [0.2, 0.25) is 0 Å². The summed E-state index contributed by atoms with van der Waals surface area (Å²) < 4.78 is 0. The Morgan fingerprint density at radius 1 is 0.818 bits per heavy atom. The van der Waals surface area contributed by atoms with Crippen LogP contribution in [-0.2, 0) is 19.8 Å². The van der Waals surface area contributed by atoms with Crippen LogP contribution in [0.5, 0.6) is 0 Å². The van der Waals surface area contributed by atoms with Gasteiger partial charge < -0.3 is 10.4 Å². The fourth-order valence-corrected chi connectivity index (χ4v) is 4.93. The molecule has 0 aromatic heterocycles. The van der Waals surface area contributed by atoms with Crippen molar-refractivity contribution in [3.05, 3.63) is 108 Å². The van der Waals surface area contributed by atoms with Crippen molar-refractivity contribution in [2.75, 3.05) is 0 Å². The van der Waals surface area contributed by atoms with Crippen LogP contribution >= 0.6 is 0 Å². The van der Waals surface area contributed by atoms with E-state index in [0.717, 1.165) is 16.7 Å². The van der Waals surface area contributed by atoms with Crippen molar-refractivity contribution in [1.82, 2.24) is 5.32 Å². The third-order valence-corrected chi connectivity index (χ3v) is 6.51. The van der Waals surface area contributed by atoms with Crippen molar-refractivity contribution in [2.24, 2.45) is 5.92 Å². The second-order valence-corrected chi connectivity index (χ2v) is 8.53. The van der Waals surface area contributed by atoms with Crippen molar-refractivity contribution < 1.29 is 19.5 Å². The number of hydrogen-bond donors (Lipinski definition) is 2. The van der Waals surface area contributed by atoms with Gasteiger partial charge in [0.15, 0.2) is 0 Å². The summed E-state index contributed by atoms with van der Waals surface area (Å²) in [7, 11) is 0. The van der Waals surface area contributed by atoms with Gasteiger partial charge in [0, 0.05) is 12.8 Å². The lowest BCUT2D eigenvalue weighted by molar-refractivity contribution is -0.144. The molecule has 3 aromatic rings. The van der Waals surface area contributed by atoms with E-state index < -0.39 is 29.3 Å². The van der Waals surface area contributed by atoms with E-state index in [1.54, 1.807) is 0 Å². The molecule has 5 nitrogen and oxygen atoms in total. The zero-order valence-corrected chi connectivity index (χ0v) is 18.3. The molecule has 1 saturated carbocycles. The van der Waals surface area contributed by atoms with Gasteiger partial charge in [0.1, 0.15) is 17.2 Å². The predicted octanol–water partition coefficient (Wildman–Crippen LogP) is 4.35. The van der Waals surface area contributed by atoms with E-state index in [0.29, 0.717) is 19.3 Å². The van der Waals surface area contributed by atoms with Crippen LogP contribution in [0.3, 0.4) is 0 Å². The molecule has 168 valence electrons. The lowest BCUT2D eigenvalue weighted by atomic mass is 9.68. The first-order valence-corrected chi connectivity index (χ1v) is 11.3. The van der Waals surface area contributed by atoms with Crippen molar-refractivity contribution in [2.45, 2.75) is 37.1 Å². The van der Waals surface area contributed by atoms with E-state index in [4.69, 9.17) is 0 Å². The van der Waals surface area contributed by atoms with E-state index in [2.05, 4.69) is 5.32 Å². The maximum atomic E-state index is 14.2. The van der Waals surface area contributed by atoms with Gasteiger partial charge in [0.25, 0.3) is 0 Å². The van der Waals surface area contributed by atoms with Crippen molar-refractivity contribution in [3.8, 4) is 0 Å². The van der Waals surface area contributed by atoms with Crippen LogP contribution in [0.1, 0.15) is 42.4 Å². The summed E-state index contributed by atoms with van der Waals surface area (Å²) in [6, 6.07) is 27.1. The number of Topliss-reactive ketones (excluding diaryl/α,β-unsaturated/α-hetero) is 1. The Morgan fingerprint density at radius 2 is 1.27 bits per heavy atom. The van der Waals surface area contributed by atoms with Crippen LogP contribution in [0.25, 0.3) is 0 Å². The van der Waals surface area contributed by atoms with Gasteiger partial charge in [-0.3, -0.25) is 9.59 Å². The minimum absolute atomic E-state index is 0.0483. The van der Waals surface area contributed by atoms with Gasteiger partial charge >= 0.3 is 5.97 Å². The number of carboxylic acid groups (broad SMARTS) is 1. The van der Waals surface area contributed by atoms with Gasteiger partial charge in [-0.1, -0.05) is 91.0 Å². The Bertz CT molecular complexity index is 1020. The molecular formula is C28H27NO4. The summed E-state index contributed by atoms with van der Waals surface area (Å²) in [6.45, 7) is 0. The molecule has 5 heteroatoms. The smallest absolute Gasteiger partial charge is 0.326 e. The molecule has 0 spiro atoms. The molecular weight excluding hydrogens is 414 g/mol. The second-order valence-electron chi connectivity index (χ2n) is 8.53. The van der Waals surface area contributed by atoms with E-state index in [9.17, 15) is 19.5 Å². The number of amides is 1. The zero-order valence-electron chi connectivity index (χ0n) is 18.3. The lowest BCUT2D eigenvalue weighted by Gasteiger charge is -2.37. The number of aliphatic carboxylic acids is 1. The third-order valence-electron chi connectivity index (χ3n) is 6.51. The number of rotatable bonds is 7. The maximum absolute atomic E-state index is 14.2. The van der Waals surface area contributed by atoms with Crippen molar-refractivity contribution in [3.63, 3.8) is 0 Å². The Balaban J connectivity index is 1.86. The molecule has 1 aliphatic rings. The molecule has 0 bridgehead atoms. The Morgan fingerprint density at radius 3 is 1.67 bits per heavy atom. The highest BCUT2D eigenvalue weighted by Crippen LogP contribution is 2.40. The summed E-state index contributed by atoms with van der Waals surface area (Å²) in [6.07, 6.45) is 1.88. The molecule has 0 heterocycles. The SMILES string of the molecule is O=C1CCC[C@H]([C@H](NC(=O)C(c2ccccc2)(c2ccccc2)c2ccccc2)C(=O)O)C1. The Labute approximate surface area is 193 Å². The van der Waals surface area contributed by atoms with Gasteiger partial charge in [0.05, 0.1) is 0 Å². The first-order chi connectivity index (χ1) is 16.0. The summed E-state index contributed by atoms with van der Waals surface area (Å²) in [4.78, 5) is 38.5. The number of carbonyl (C=O) groups excluding carboxylic acids is 2. The minimum Gasteiger partial charge on any atom is -0.480 e. The van der Waals surface area contributed by atoms with Crippen molar-refractivity contribution >= 4 is 17.7 Å². The summed E-state index contributed by atoms with van der Waals surface area (Å²) in [5.74, 6) is -1.91. The summed E-state index contributed by atoms with van der Waals surface area (Å²) >= 11 is 0. The zero-order chi connectivity index (χ0) is 23.3. The fraction of sp³-hybridized carbons (Fsp3) is 0.250. The molecule has 1 aliphatic carbocycles. The highest BCUT2D eigenvalue weighted by atomic mass is 16.4. The van der Waals surface area contributed by atoms with Crippen LogP contribution in [0, 0.1) is 5.92 Å². The molecule has 0 radical (unpaired) electrons. The number of nitrogens with one attached hydrogen (secondary N) is 1. The average molecular weight is 442 g/mol. The van der Waals surface area contributed by atoms with Gasteiger partial charge in [0.2, 0.25) is 5.91 Å². The molecule has 0 unspecified atom stereocenters. The molecule has 2 atom stereocenters. The van der Waals surface area contributed by atoms with E-state index >= 15 is 0 Å². The third kappa shape index (κ3) is 4.44. The topological polar surface area (TPSA) is 83.5 Å². The molecule has 0 aliphatic heterocycles. The average Bonchev–Trinajstić information content (AvgIpc) is 2.85. The highest BCUT2D eigenvalue weighted by Gasteiger charge is 2.46. The van der Waals surface area contributed by atoms with Crippen LogP contribution in [-0.4, -0.2) is 28.8 Å². The molecule has 1 amide bonds. The Hall–Kier alpha value is -3.73. The lowest BCUT2D eigenvalue weighted by Crippen LogP contribution is -2.54. The molecule has 2 N–H and O–H groups in total. The van der Waals surface area contributed by atoms with Crippen molar-refractivity contribution in [1.29, 1.82) is 0 Å². The molecule has 4 rings (SSSR count). The van der Waals surface area contributed by atoms with Gasteiger partial charge in [-0.15, -0.1) is 0 Å². The standard InChI is InChI=1S/C28H27NO4/c30-24-18-10-11-20(19-24)25(26(31)32)29-27(33)28(21-12-4-1-5-13-21,22-14-6-2-7-15-22)23-16-8-3-9-17-23/h1-9,12-17,20,25H,10-11,18-19H2,(H,29,33)(H,31,32)/t20-,25-/m0/s1. The molecule has 0 saturated heterocycles. The van der Waals surface area contributed by atoms with E-state index in [1.165, 1.54) is 0 Å². The van der Waals surface area contributed by atoms with Gasteiger partial charge in [-0.2, -0.15) is 0 Å². The Kier molecular flexibility index (Phi) is 6.68. The number of ketones is 1. The summed E-state index contributed by atoms with van der Waals surface area (Å²) in [5.41, 5.74) is 0.965. The molecule has 3 aromatic carbocycles. The minimum atomic E-state index is -1.25. The van der Waals surface area contributed by atoms with Gasteiger partial charge in [-0.05, 0) is 35.4 Å². The second kappa shape index (κ2) is 9.82. The number of hydrogen-bond acceptors (Lipinski definition) is 3. The van der Waals surface area contributed by atoms with Gasteiger partial charge in [-0.25, -0.2) is 4.79 Å². The predicted molar refractivity (Wildman–Crippen MR) is 126 cm³/mol. The number of carbonyl (C=O) groups is 3. The normalized spacial score (nSPS) is 17.2. The van der Waals surface area contributed by atoms with Crippen LogP contribution in [0.15, 0.2) is 91.0 Å². The largest absolute Gasteiger partial charge is 0.480 e. The van der Waals surface area contributed by atoms with Crippen LogP contribution in [0.4, 0.5) is 0 Å². The maximum Gasteiger partial charge on any atom is 0.326 e. The molecule has 33 heavy (non-hydrogen) atoms. The quantitative estimate of drug-likeness (QED) is 0.534. The summed E-state index contributed by atoms with van der Waals surface area (Å²) in [5, 5.41) is 12.9. The van der Waals surface area contributed by atoms with E-state index in [1.807, 2.05) is 91.0 Å². The highest BCUT2D eigenvalue weighted by molar-refractivity contribution is 5.98. The first-order valence-electron chi connectivity index (χ1n) is 11.3. The monoisotopic (exact) mass is 441 g/mol. The molecule has 1 fully saturated rings. The number of benzene rings is 3. The number of carboxylic acids is 1.